The normalized spacial score (nSPS) is 33.7. The molecule has 2 aliphatic rings. The lowest BCUT2D eigenvalue weighted by atomic mass is 9.71. The SMILES string of the molecule is COc1ccc([C@@H](O)[C@H](C)[P@]2(=O)O[C@@H]3C[C@H](C)CC[C@H]3C(C)(C)N2CC(C)C)cc1. The van der Waals surface area contributed by atoms with Crippen LogP contribution in [-0.4, -0.2) is 40.7 Å². The minimum Gasteiger partial charge on any atom is -0.497 e. The number of aliphatic hydroxyl groups is 1. The summed E-state index contributed by atoms with van der Waals surface area (Å²) in [6, 6.07) is 7.36. The average molecular weight is 438 g/mol. The third-order valence-corrected chi connectivity index (χ3v) is 10.5. The molecule has 0 amide bonds. The van der Waals surface area contributed by atoms with Crippen molar-refractivity contribution >= 4 is 7.52 Å². The molecule has 170 valence electrons. The number of methoxy groups -OCH3 is 1. The number of aliphatic hydroxyl groups excluding tert-OH is 1. The second-order valence-electron chi connectivity index (χ2n) is 10.3. The van der Waals surface area contributed by atoms with Crippen molar-refractivity contribution < 1.29 is 18.9 Å². The van der Waals surface area contributed by atoms with Gasteiger partial charge in [0.2, 0.25) is 0 Å². The number of hydrogen-bond acceptors (Lipinski definition) is 4. The fourth-order valence-corrected chi connectivity index (χ4v) is 8.64. The van der Waals surface area contributed by atoms with E-state index in [0.29, 0.717) is 24.3 Å². The number of fused-ring (bicyclic) bond motifs is 1. The topological polar surface area (TPSA) is 59.0 Å². The Bertz CT molecular complexity index is 763. The summed E-state index contributed by atoms with van der Waals surface area (Å²) in [6.45, 7) is 13.6. The molecule has 1 N–H and O–H groups in total. The summed E-state index contributed by atoms with van der Waals surface area (Å²) in [5.41, 5.74) is -0.0258. The molecule has 0 unspecified atom stereocenters. The van der Waals surface area contributed by atoms with Gasteiger partial charge in [-0.25, -0.2) is 4.67 Å². The van der Waals surface area contributed by atoms with E-state index >= 15 is 0 Å². The monoisotopic (exact) mass is 437 g/mol. The van der Waals surface area contributed by atoms with Gasteiger partial charge in [0.15, 0.2) is 0 Å². The number of nitrogens with zero attached hydrogens (tertiary/aromatic N) is 1. The molecule has 1 saturated heterocycles. The van der Waals surface area contributed by atoms with Crippen LogP contribution in [0, 0.1) is 17.8 Å². The highest BCUT2D eigenvalue weighted by molar-refractivity contribution is 7.57. The summed E-state index contributed by atoms with van der Waals surface area (Å²) < 4.78 is 28.5. The number of rotatable bonds is 6. The van der Waals surface area contributed by atoms with Gasteiger partial charge >= 0.3 is 0 Å². The van der Waals surface area contributed by atoms with E-state index in [0.717, 1.165) is 24.2 Å². The molecule has 1 heterocycles. The van der Waals surface area contributed by atoms with E-state index in [1.165, 1.54) is 6.42 Å². The van der Waals surface area contributed by atoms with E-state index in [4.69, 9.17) is 9.26 Å². The number of benzene rings is 1. The summed E-state index contributed by atoms with van der Waals surface area (Å²) in [5.74, 6) is 2.03. The Labute approximate surface area is 182 Å². The van der Waals surface area contributed by atoms with Crippen LogP contribution in [0.2, 0.25) is 0 Å². The lowest BCUT2D eigenvalue weighted by Crippen LogP contribution is -2.59. The lowest BCUT2D eigenvalue weighted by molar-refractivity contribution is -0.0548. The van der Waals surface area contributed by atoms with Gasteiger partial charge < -0.3 is 14.4 Å². The van der Waals surface area contributed by atoms with E-state index in [9.17, 15) is 9.67 Å². The summed E-state index contributed by atoms with van der Waals surface area (Å²) in [7, 11) is -1.67. The zero-order valence-electron chi connectivity index (χ0n) is 19.7. The maximum atomic E-state index is 14.6. The highest BCUT2D eigenvalue weighted by atomic mass is 31.2. The molecule has 0 spiro atoms. The Hall–Kier alpha value is -0.870. The first-order valence-electron chi connectivity index (χ1n) is 11.4. The summed E-state index contributed by atoms with van der Waals surface area (Å²) in [5, 5.41) is 11.2. The smallest absolute Gasteiger partial charge is 0.278 e. The summed E-state index contributed by atoms with van der Waals surface area (Å²) >= 11 is 0. The van der Waals surface area contributed by atoms with Crippen LogP contribution in [0.25, 0.3) is 0 Å². The first kappa shape index (κ1) is 23.8. The molecule has 6 heteroatoms. The second kappa shape index (κ2) is 8.94. The fraction of sp³-hybridized carbons (Fsp3) is 0.750. The van der Waals surface area contributed by atoms with Crippen molar-refractivity contribution in [2.45, 2.75) is 84.2 Å². The largest absolute Gasteiger partial charge is 0.497 e. The Morgan fingerprint density at radius 3 is 2.43 bits per heavy atom. The molecule has 5 nitrogen and oxygen atoms in total. The van der Waals surface area contributed by atoms with E-state index in [2.05, 4.69) is 39.3 Å². The van der Waals surface area contributed by atoms with Crippen molar-refractivity contribution in [3.8, 4) is 5.75 Å². The first-order valence-corrected chi connectivity index (χ1v) is 13.0. The Morgan fingerprint density at radius 1 is 1.23 bits per heavy atom. The average Bonchev–Trinajstić information content (AvgIpc) is 2.69. The van der Waals surface area contributed by atoms with Gasteiger partial charge in [0.25, 0.3) is 7.52 Å². The third-order valence-electron chi connectivity index (χ3n) is 7.22. The molecule has 30 heavy (non-hydrogen) atoms. The predicted molar refractivity (Wildman–Crippen MR) is 122 cm³/mol. The van der Waals surface area contributed by atoms with Gasteiger partial charge in [-0.15, -0.1) is 0 Å². The van der Waals surface area contributed by atoms with Crippen LogP contribution in [-0.2, 0) is 9.09 Å². The van der Waals surface area contributed by atoms with E-state index in [-0.39, 0.29) is 11.6 Å². The molecule has 6 atom stereocenters. The second-order valence-corrected chi connectivity index (χ2v) is 13.0. The van der Waals surface area contributed by atoms with Crippen molar-refractivity contribution in [1.82, 2.24) is 4.67 Å². The zero-order valence-corrected chi connectivity index (χ0v) is 20.6. The van der Waals surface area contributed by atoms with Gasteiger partial charge in [-0.05, 0) is 63.1 Å². The Kier molecular flexibility index (Phi) is 7.09. The van der Waals surface area contributed by atoms with Gasteiger partial charge in [-0.1, -0.05) is 39.3 Å². The molecular weight excluding hydrogens is 397 g/mol. The van der Waals surface area contributed by atoms with E-state index in [1.54, 1.807) is 7.11 Å². The zero-order chi connectivity index (χ0) is 22.3. The Morgan fingerprint density at radius 2 is 1.87 bits per heavy atom. The number of ether oxygens (including phenoxy) is 1. The maximum absolute atomic E-state index is 14.6. The van der Waals surface area contributed by atoms with Crippen LogP contribution in [0.4, 0.5) is 0 Å². The van der Waals surface area contributed by atoms with Gasteiger partial charge in [0, 0.05) is 18.0 Å². The van der Waals surface area contributed by atoms with Gasteiger partial charge in [-0.2, -0.15) is 0 Å². The van der Waals surface area contributed by atoms with Crippen molar-refractivity contribution in [1.29, 1.82) is 0 Å². The quantitative estimate of drug-likeness (QED) is 0.563. The molecule has 1 saturated carbocycles. The minimum absolute atomic E-state index is 0.0106. The molecule has 1 aromatic rings. The third kappa shape index (κ3) is 4.37. The molecule has 2 fully saturated rings. The standard InChI is InChI=1S/C24H40NO4P/c1-16(2)15-25-24(5,6)21-13-8-17(3)14-22(21)29-30(25,27)18(4)23(26)19-9-11-20(28-7)12-10-19/h9-12,16-18,21-23,26H,8,13-15H2,1-7H3/t17-,18+,21-,22-,23+,30+/m1/s1. The van der Waals surface area contributed by atoms with E-state index in [1.807, 2.05) is 31.2 Å². The maximum Gasteiger partial charge on any atom is 0.278 e. The molecule has 0 radical (unpaired) electrons. The Balaban J connectivity index is 1.97. The molecule has 1 aromatic carbocycles. The summed E-state index contributed by atoms with van der Waals surface area (Å²) in [6.07, 6.45) is 2.35. The van der Waals surface area contributed by atoms with Gasteiger partial charge in [0.05, 0.1) is 25.0 Å². The highest BCUT2D eigenvalue weighted by Gasteiger charge is 2.58. The molecule has 1 aliphatic carbocycles. The molecular formula is C24H40NO4P. The minimum atomic E-state index is -3.29. The number of hydrogen-bond donors (Lipinski definition) is 1. The summed E-state index contributed by atoms with van der Waals surface area (Å²) in [4.78, 5) is 0. The van der Waals surface area contributed by atoms with Crippen molar-refractivity contribution in [2.75, 3.05) is 13.7 Å². The molecule has 1 aliphatic heterocycles. The van der Waals surface area contributed by atoms with Crippen molar-refractivity contribution in [3.05, 3.63) is 29.8 Å². The van der Waals surface area contributed by atoms with E-state index < -0.39 is 19.3 Å². The van der Waals surface area contributed by atoms with Crippen LogP contribution in [0.1, 0.15) is 72.5 Å². The highest BCUT2D eigenvalue weighted by Crippen LogP contribution is 2.68. The molecule has 3 rings (SSSR count). The molecule has 0 aromatic heterocycles. The lowest BCUT2D eigenvalue weighted by Gasteiger charge is -2.58. The predicted octanol–water partition coefficient (Wildman–Crippen LogP) is 5.88. The first-order chi connectivity index (χ1) is 14.0. The van der Waals surface area contributed by atoms with Crippen LogP contribution in [0.5, 0.6) is 5.75 Å². The van der Waals surface area contributed by atoms with Gasteiger partial charge in [-0.3, -0.25) is 4.57 Å². The van der Waals surface area contributed by atoms with Crippen LogP contribution in [0.3, 0.4) is 0 Å². The van der Waals surface area contributed by atoms with Crippen molar-refractivity contribution in [3.63, 3.8) is 0 Å². The van der Waals surface area contributed by atoms with Crippen LogP contribution in [0.15, 0.2) is 24.3 Å². The fourth-order valence-electron chi connectivity index (χ4n) is 5.32. The van der Waals surface area contributed by atoms with Crippen molar-refractivity contribution in [2.24, 2.45) is 17.8 Å². The van der Waals surface area contributed by atoms with Gasteiger partial charge in [0.1, 0.15) is 5.75 Å². The van der Waals surface area contributed by atoms with Crippen LogP contribution >= 0.6 is 7.52 Å². The molecule has 0 bridgehead atoms. The van der Waals surface area contributed by atoms with Crippen LogP contribution < -0.4 is 4.74 Å².